The fraction of sp³-hybridized carbons (Fsp3) is 0.500. The summed E-state index contributed by atoms with van der Waals surface area (Å²) in [6, 6.07) is 6.01. The van der Waals surface area contributed by atoms with Gasteiger partial charge in [-0.2, -0.15) is 0 Å². The van der Waals surface area contributed by atoms with Gasteiger partial charge in [0.2, 0.25) is 0 Å². The van der Waals surface area contributed by atoms with Crippen molar-refractivity contribution < 1.29 is 18.7 Å². The number of hydrogen-bond donors (Lipinski definition) is 0. The molecular weight excluding hydrogens is 344 g/mol. The first-order valence-corrected chi connectivity index (χ1v) is 8.02. The minimum atomic E-state index is -1.13. The first-order chi connectivity index (χ1) is 10.7. The van der Waals surface area contributed by atoms with E-state index in [0.29, 0.717) is 18.5 Å². The minimum Gasteiger partial charge on any atom is -0.455 e. The first-order valence-electron chi connectivity index (χ1n) is 7.27. The number of carbonyl (C=O) groups is 2. The summed E-state index contributed by atoms with van der Waals surface area (Å²) in [6.07, 6.45) is 0.302. The third-order valence-electron chi connectivity index (χ3n) is 4.03. The van der Waals surface area contributed by atoms with E-state index in [1.165, 1.54) is 17.0 Å². The van der Waals surface area contributed by atoms with Crippen LogP contribution in [0, 0.1) is 11.2 Å². The number of benzene rings is 1. The number of rotatable bonds is 6. The zero-order chi connectivity index (χ0) is 17.3. The van der Waals surface area contributed by atoms with Crippen LogP contribution in [0.2, 0.25) is 0 Å². The molecule has 1 atom stereocenters. The quantitative estimate of drug-likeness (QED) is 0.576. The Kier molecular flexibility index (Phi) is 5.21. The molecule has 7 heteroatoms. The van der Waals surface area contributed by atoms with E-state index in [4.69, 9.17) is 27.9 Å². The molecule has 1 aliphatic rings. The molecule has 1 aromatic carbocycles. The fourth-order valence-electron chi connectivity index (χ4n) is 2.23. The molecule has 0 N–H and O–H groups in total. The molecule has 0 aromatic heterocycles. The van der Waals surface area contributed by atoms with Crippen molar-refractivity contribution in [2.45, 2.75) is 31.1 Å². The van der Waals surface area contributed by atoms with E-state index in [1.54, 1.807) is 26.0 Å². The number of nitrogens with zero attached hydrogens (tertiary/aromatic N) is 1. The van der Waals surface area contributed by atoms with Gasteiger partial charge in [0, 0.05) is 19.5 Å². The molecule has 1 fully saturated rings. The second-order valence-corrected chi connectivity index (χ2v) is 7.31. The second-order valence-electron chi connectivity index (χ2n) is 5.83. The maximum atomic E-state index is 13.2. The van der Waals surface area contributed by atoms with Crippen LogP contribution in [0.15, 0.2) is 24.3 Å². The molecule has 0 saturated heterocycles. The monoisotopic (exact) mass is 361 g/mol. The Morgan fingerprint density at radius 3 is 2.57 bits per heavy atom. The highest BCUT2D eigenvalue weighted by molar-refractivity contribution is 6.53. The predicted molar refractivity (Wildman–Crippen MR) is 85.6 cm³/mol. The molecule has 1 aliphatic carbocycles. The van der Waals surface area contributed by atoms with E-state index in [-0.39, 0.29) is 24.9 Å². The Bertz CT molecular complexity index is 623. The van der Waals surface area contributed by atoms with Gasteiger partial charge in [0.15, 0.2) is 6.61 Å². The van der Waals surface area contributed by atoms with Gasteiger partial charge in [-0.1, -0.05) is 12.1 Å². The third kappa shape index (κ3) is 3.96. The average molecular weight is 362 g/mol. The SMILES string of the molecule is CCN(Cc1cccc(F)c1)C(=O)COC(=O)C1(C)CC1(Cl)Cl. The predicted octanol–water partition coefficient (Wildman–Crippen LogP) is 3.30. The molecule has 0 radical (unpaired) electrons. The molecule has 1 unspecified atom stereocenters. The van der Waals surface area contributed by atoms with Gasteiger partial charge in [0.05, 0.1) is 0 Å². The highest BCUT2D eigenvalue weighted by Crippen LogP contribution is 2.64. The lowest BCUT2D eigenvalue weighted by molar-refractivity contribution is -0.156. The molecule has 1 amide bonds. The molecule has 1 saturated carbocycles. The lowest BCUT2D eigenvalue weighted by atomic mass is 10.1. The Labute approximate surface area is 144 Å². The second kappa shape index (κ2) is 6.65. The van der Waals surface area contributed by atoms with E-state index >= 15 is 0 Å². The molecule has 0 heterocycles. The third-order valence-corrected chi connectivity index (χ3v) is 5.13. The highest BCUT2D eigenvalue weighted by Gasteiger charge is 2.69. The lowest BCUT2D eigenvalue weighted by Gasteiger charge is -2.21. The number of esters is 1. The Balaban J connectivity index is 1.89. The van der Waals surface area contributed by atoms with Gasteiger partial charge in [0.25, 0.3) is 5.91 Å². The van der Waals surface area contributed by atoms with Crippen LogP contribution >= 0.6 is 23.2 Å². The molecule has 0 aliphatic heterocycles. The van der Waals surface area contributed by atoms with Crippen molar-refractivity contribution in [2.24, 2.45) is 5.41 Å². The van der Waals surface area contributed by atoms with Crippen LogP contribution in [0.25, 0.3) is 0 Å². The van der Waals surface area contributed by atoms with Crippen molar-refractivity contribution in [3.05, 3.63) is 35.6 Å². The number of alkyl halides is 2. The normalized spacial score (nSPS) is 21.6. The van der Waals surface area contributed by atoms with Crippen LogP contribution in [0.1, 0.15) is 25.8 Å². The summed E-state index contributed by atoms with van der Waals surface area (Å²) >= 11 is 11.8. The van der Waals surface area contributed by atoms with Crippen LogP contribution in [-0.2, 0) is 20.9 Å². The molecule has 2 rings (SSSR count). The van der Waals surface area contributed by atoms with Crippen LogP contribution in [0.3, 0.4) is 0 Å². The van der Waals surface area contributed by atoms with Gasteiger partial charge < -0.3 is 9.64 Å². The van der Waals surface area contributed by atoms with Crippen molar-refractivity contribution in [1.29, 1.82) is 0 Å². The molecule has 0 bridgehead atoms. The van der Waals surface area contributed by atoms with E-state index in [9.17, 15) is 14.0 Å². The minimum absolute atomic E-state index is 0.247. The number of amides is 1. The number of hydrogen-bond acceptors (Lipinski definition) is 3. The summed E-state index contributed by atoms with van der Waals surface area (Å²) in [7, 11) is 0. The zero-order valence-electron chi connectivity index (χ0n) is 12.9. The van der Waals surface area contributed by atoms with Crippen LogP contribution in [-0.4, -0.2) is 34.3 Å². The molecule has 126 valence electrons. The van der Waals surface area contributed by atoms with Crippen LogP contribution in [0.4, 0.5) is 4.39 Å². The number of ether oxygens (including phenoxy) is 1. The average Bonchev–Trinajstić information content (AvgIpc) is 3.01. The van der Waals surface area contributed by atoms with Crippen molar-refractivity contribution >= 4 is 35.1 Å². The summed E-state index contributed by atoms with van der Waals surface area (Å²) in [4.78, 5) is 25.6. The number of carbonyl (C=O) groups excluding carboxylic acids is 2. The summed E-state index contributed by atoms with van der Waals surface area (Å²) in [5.41, 5.74) is -0.295. The molecule has 0 spiro atoms. The maximum Gasteiger partial charge on any atom is 0.315 e. The Morgan fingerprint density at radius 1 is 1.39 bits per heavy atom. The van der Waals surface area contributed by atoms with Crippen molar-refractivity contribution in [2.75, 3.05) is 13.2 Å². The Hall–Kier alpha value is -1.33. The molecule has 23 heavy (non-hydrogen) atoms. The topological polar surface area (TPSA) is 46.6 Å². The lowest BCUT2D eigenvalue weighted by Crippen LogP contribution is -2.35. The van der Waals surface area contributed by atoms with E-state index in [0.717, 1.165) is 0 Å². The summed E-state index contributed by atoms with van der Waals surface area (Å²) in [6.45, 7) is 3.67. The van der Waals surface area contributed by atoms with Crippen LogP contribution in [0.5, 0.6) is 0 Å². The van der Waals surface area contributed by atoms with Gasteiger partial charge in [-0.3, -0.25) is 9.59 Å². The van der Waals surface area contributed by atoms with E-state index in [2.05, 4.69) is 0 Å². The van der Waals surface area contributed by atoms with Crippen molar-refractivity contribution in [1.82, 2.24) is 4.90 Å². The van der Waals surface area contributed by atoms with Gasteiger partial charge in [-0.25, -0.2) is 4.39 Å². The number of likely N-dealkylation sites (N-methyl/N-ethyl adjacent to an activating group) is 1. The number of halogens is 3. The Morgan fingerprint density at radius 2 is 2.04 bits per heavy atom. The first kappa shape index (κ1) is 18.0. The van der Waals surface area contributed by atoms with Gasteiger partial charge in [0.1, 0.15) is 15.6 Å². The maximum absolute atomic E-state index is 13.2. The van der Waals surface area contributed by atoms with Gasteiger partial charge in [-0.15, -0.1) is 23.2 Å². The molecule has 1 aromatic rings. The summed E-state index contributed by atoms with van der Waals surface area (Å²) in [5, 5.41) is 0. The molecular formula is C16H18Cl2FNO3. The highest BCUT2D eigenvalue weighted by atomic mass is 35.5. The van der Waals surface area contributed by atoms with Crippen LogP contribution < -0.4 is 0 Å². The standard InChI is InChI=1S/C16H18Cl2FNO3/c1-3-20(8-11-5-4-6-12(19)7-11)13(21)9-23-14(22)15(2)10-16(15,17)18/h4-7H,3,8-10H2,1-2H3. The van der Waals surface area contributed by atoms with Gasteiger partial charge >= 0.3 is 5.97 Å². The van der Waals surface area contributed by atoms with Crippen molar-refractivity contribution in [3.8, 4) is 0 Å². The van der Waals surface area contributed by atoms with Crippen molar-refractivity contribution in [3.63, 3.8) is 0 Å². The summed E-state index contributed by atoms with van der Waals surface area (Å²) < 4.78 is 17.1. The fourth-order valence-corrected chi connectivity index (χ4v) is 2.92. The van der Waals surface area contributed by atoms with Gasteiger partial charge in [-0.05, 0) is 31.5 Å². The van der Waals surface area contributed by atoms with E-state index in [1.807, 2.05) is 0 Å². The summed E-state index contributed by atoms with van der Waals surface area (Å²) in [5.74, 6) is -1.30. The van der Waals surface area contributed by atoms with E-state index < -0.39 is 15.7 Å². The largest absolute Gasteiger partial charge is 0.455 e. The smallest absolute Gasteiger partial charge is 0.315 e. The molecule has 4 nitrogen and oxygen atoms in total. The zero-order valence-corrected chi connectivity index (χ0v) is 14.5.